The standard InChI is InChI=1S/C29H29FN4S/c1-17-9-8-11-26(20(17)4)33-19(3)16-23(21(33)5)28-27(25-10-6-7-14-31-25)32-29(35)34(28)22-12-13-24(30)18(2)15-22/h6-16,27-28H,1-5H3,(H,32,35)/t27-,28+/m1/s1. The molecule has 1 saturated heterocycles. The van der Waals surface area contributed by atoms with Crippen molar-refractivity contribution in [3.8, 4) is 5.69 Å². The first kappa shape index (κ1) is 23.2. The molecule has 35 heavy (non-hydrogen) atoms. The molecule has 4 aromatic rings. The van der Waals surface area contributed by atoms with Gasteiger partial charge in [0.2, 0.25) is 0 Å². The van der Waals surface area contributed by atoms with Crippen LogP contribution >= 0.6 is 12.2 Å². The molecule has 1 fully saturated rings. The van der Waals surface area contributed by atoms with Crippen molar-refractivity contribution >= 4 is 23.0 Å². The molecule has 178 valence electrons. The maximum atomic E-state index is 14.1. The molecule has 0 saturated carbocycles. The van der Waals surface area contributed by atoms with Crippen LogP contribution in [0.5, 0.6) is 0 Å². The van der Waals surface area contributed by atoms with Gasteiger partial charge in [0.25, 0.3) is 0 Å². The van der Waals surface area contributed by atoms with Crippen molar-refractivity contribution in [2.75, 3.05) is 4.90 Å². The molecule has 0 bridgehead atoms. The van der Waals surface area contributed by atoms with Gasteiger partial charge in [-0.3, -0.25) is 4.98 Å². The van der Waals surface area contributed by atoms with E-state index in [1.165, 1.54) is 22.9 Å². The summed E-state index contributed by atoms with van der Waals surface area (Å²) in [6, 6.07) is 19.5. The number of nitrogens with zero attached hydrogens (tertiary/aromatic N) is 3. The van der Waals surface area contributed by atoms with Crippen LogP contribution in [0.2, 0.25) is 0 Å². The Balaban J connectivity index is 1.71. The fourth-order valence-electron chi connectivity index (χ4n) is 5.16. The van der Waals surface area contributed by atoms with Gasteiger partial charge in [0, 0.05) is 29.0 Å². The average molecular weight is 485 g/mol. The highest BCUT2D eigenvalue weighted by Gasteiger charge is 2.42. The quantitative estimate of drug-likeness (QED) is 0.326. The van der Waals surface area contributed by atoms with E-state index >= 15 is 0 Å². The Labute approximate surface area is 211 Å². The van der Waals surface area contributed by atoms with Crippen LogP contribution in [-0.2, 0) is 0 Å². The highest BCUT2D eigenvalue weighted by molar-refractivity contribution is 7.80. The van der Waals surface area contributed by atoms with Crippen molar-refractivity contribution in [1.82, 2.24) is 14.9 Å². The molecule has 1 N–H and O–H groups in total. The second-order valence-corrected chi connectivity index (χ2v) is 9.70. The molecule has 2 aromatic carbocycles. The number of anilines is 1. The minimum absolute atomic E-state index is 0.146. The number of hydrogen-bond acceptors (Lipinski definition) is 2. The molecule has 0 unspecified atom stereocenters. The first-order chi connectivity index (χ1) is 16.8. The topological polar surface area (TPSA) is 33.1 Å². The number of rotatable bonds is 4. The lowest BCUT2D eigenvalue weighted by molar-refractivity contribution is 0.564. The smallest absolute Gasteiger partial charge is 0.174 e. The van der Waals surface area contributed by atoms with Crippen LogP contribution in [0.25, 0.3) is 5.69 Å². The predicted molar refractivity (Wildman–Crippen MR) is 144 cm³/mol. The average Bonchev–Trinajstić information content (AvgIpc) is 3.33. The molecule has 0 radical (unpaired) electrons. The van der Waals surface area contributed by atoms with Gasteiger partial charge in [-0.05, 0) is 112 Å². The van der Waals surface area contributed by atoms with Crippen LogP contribution in [0.1, 0.15) is 51.4 Å². The second kappa shape index (κ2) is 8.93. The van der Waals surface area contributed by atoms with Crippen molar-refractivity contribution in [2.45, 2.75) is 46.7 Å². The van der Waals surface area contributed by atoms with E-state index in [0.29, 0.717) is 10.7 Å². The van der Waals surface area contributed by atoms with Crippen molar-refractivity contribution in [1.29, 1.82) is 0 Å². The fourth-order valence-corrected chi connectivity index (χ4v) is 5.51. The maximum absolute atomic E-state index is 14.1. The van der Waals surface area contributed by atoms with Crippen LogP contribution in [0.4, 0.5) is 10.1 Å². The lowest BCUT2D eigenvalue weighted by Gasteiger charge is -2.28. The minimum atomic E-state index is -0.224. The Bertz CT molecular complexity index is 1430. The van der Waals surface area contributed by atoms with Gasteiger partial charge in [-0.2, -0.15) is 0 Å². The van der Waals surface area contributed by atoms with E-state index in [-0.39, 0.29) is 17.9 Å². The first-order valence-corrected chi connectivity index (χ1v) is 12.2. The molecule has 4 nitrogen and oxygen atoms in total. The summed E-state index contributed by atoms with van der Waals surface area (Å²) in [5.41, 5.74) is 9.52. The summed E-state index contributed by atoms with van der Waals surface area (Å²) < 4.78 is 16.5. The van der Waals surface area contributed by atoms with Crippen molar-refractivity contribution in [3.63, 3.8) is 0 Å². The second-order valence-electron chi connectivity index (χ2n) is 9.31. The van der Waals surface area contributed by atoms with Gasteiger partial charge in [-0.15, -0.1) is 0 Å². The molecule has 0 spiro atoms. The molecular formula is C29H29FN4S. The Kier molecular flexibility index (Phi) is 5.93. The zero-order valence-electron chi connectivity index (χ0n) is 20.6. The van der Waals surface area contributed by atoms with Crippen molar-refractivity contribution in [3.05, 3.63) is 112 Å². The largest absolute Gasteiger partial charge is 0.351 e. The number of aromatic nitrogens is 2. The van der Waals surface area contributed by atoms with Gasteiger partial charge < -0.3 is 14.8 Å². The number of hydrogen-bond donors (Lipinski definition) is 1. The van der Waals surface area contributed by atoms with Crippen LogP contribution in [0, 0.1) is 40.4 Å². The van der Waals surface area contributed by atoms with E-state index in [1.807, 2.05) is 24.3 Å². The van der Waals surface area contributed by atoms with E-state index in [2.05, 4.69) is 71.7 Å². The monoisotopic (exact) mass is 484 g/mol. The third-order valence-electron chi connectivity index (χ3n) is 7.12. The number of nitrogens with one attached hydrogen (secondary N) is 1. The van der Waals surface area contributed by atoms with Crippen molar-refractivity contribution in [2.24, 2.45) is 0 Å². The van der Waals surface area contributed by atoms with Gasteiger partial charge >= 0.3 is 0 Å². The Morgan fingerprint density at radius 1 is 0.914 bits per heavy atom. The van der Waals surface area contributed by atoms with Gasteiger partial charge in [-0.25, -0.2) is 4.39 Å². The van der Waals surface area contributed by atoms with E-state index < -0.39 is 0 Å². The normalized spacial score (nSPS) is 17.7. The maximum Gasteiger partial charge on any atom is 0.174 e. The molecule has 6 heteroatoms. The van der Waals surface area contributed by atoms with E-state index in [9.17, 15) is 4.39 Å². The Morgan fingerprint density at radius 2 is 1.71 bits per heavy atom. The predicted octanol–water partition coefficient (Wildman–Crippen LogP) is 6.73. The van der Waals surface area contributed by atoms with E-state index in [4.69, 9.17) is 12.2 Å². The number of thiocarbonyl (C=S) groups is 1. The number of halogens is 1. The molecule has 1 aliphatic heterocycles. The lowest BCUT2D eigenvalue weighted by Crippen LogP contribution is -2.29. The molecule has 2 atom stereocenters. The number of aryl methyl sites for hydroxylation is 3. The minimum Gasteiger partial charge on any atom is -0.351 e. The fraction of sp³-hybridized carbons (Fsp3) is 0.241. The summed E-state index contributed by atoms with van der Waals surface area (Å²) in [6.45, 7) is 10.4. The first-order valence-electron chi connectivity index (χ1n) is 11.8. The van der Waals surface area contributed by atoms with E-state index in [1.54, 1.807) is 19.2 Å². The van der Waals surface area contributed by atoms with Gasteiger partial charge in [0.1, 0.15) is 5.82 Å². The number of benzene rings is 2. The van der Waals surface area contributed by atoms with Crippen LogP contribution < -0.4 is 10.2 Å². The highest BCUT2D eigenvalue weighted by atomic mass is 32.1. The highest BCUT2D eigenvalue weighted by Crippen LogP contribution is 2.44. The molecule has 0 amide bonds. The molecule has 3 heterocycles. The zero-order valence-corrected chi connectivity index (χ0v) is 21.4. The lowest BCUT2D eigenvalue weighted by atomic mass is 9.96. The van der Waals surface area contributed by atoms with Gasteiger partial charge in [0.15, 0.2) is 5.11 Å². The van der Waals surface area contributed by atoms with Gasteiger partial charge in [0.05, 0.1) is 17.8 Å². The summed E-state index contributed by atoms with van der Waals surface area (Å²) in [5, 5.41) is 4.11. The SMILES string of the molecule is Cc1cc(N2C(=S)N[C@H](c3ccccn3)[C@@H]2c2cc(C)n(-c3cccc(C)c3C)c2C)ccc1F. The summed E-state index contributed by atoms with van der Waals surface area (Å²) in [4.78, 5) is 6.77. The summed E-state index contributed by atoms with van der Waals surface area (Å²) in [5.74, 6) is -0.224. The van der Waals surface area contributed by atoms with Crippen LogP contribution in [0.15, 0.2) is 66.9 Å². The Hall–Kier alpha value is -3.51. The molecule has 1 aliphatic rings. The zero-order chi connectivity index (χ0) is 24.9. The summed E-state index contributed by atoms with van der Waals surface area (Å²) in [7, 11) is 0. The number of pyridine rings is 1. The summed E-state index contributed by atoms with van der Waals surface area (Å²) >= 11 is 5.85. The van der Waals surface area contributed by atoms with Crippen molar-refractivity contribution < 1.29 is 4.39 Å². The van der Waals surface area contributed by atoms with E-state index in [0.717, 1.165) is 28.3 Å². The molecule has 0 aliphatic carbocycles. The molecular weight excluding hydrogens is 455 g/mol. The van der Waals surface area contributed by atoms with Crippen LogP contribution in [-0.4, -0.2) is 14.7 Å². The van der Waals surface area contributed by atoms with Gasteiger partial charge in [-0.1, -0.05) is 18.2 Å². The molecule has 5 rings (SSSR count). The third-order valence-corrected chi connectivity index (χ3v) is 7.44. The molecule has 2 aromatic heterocycles. The Morgan fingerprint density at radius 3 is 2.43 bits per heavy atom. The third kappa shape index (κ3) is 3.92. The summed E-state index contributed by atoms with van der Waals surface area (Å²) in [6.07, 6.45) is 1.81. The van der Waals surface area contributed by atoms with Crippen LogP contribution in [0.3, 0.4) is 0 Å².